The van der Waals surface area contributed by atoms with Crippen LogP contribution in [0.3, 0.4) is 0 Å². The molecule has 0 N–H and O–H groups in total. The van der Waals surface area contributed by atoms with Crippen LogP contribution in [0.2, 0.25) is 0 Å². The molecule has 0 amide bonds. The number of hydrogen-bond donors (Lipinski definition) is 0. The molecule has 2 atom stereocenters. The quantitative estimate of drug-likeness (QED) is 0.201. The Morgan fingerprint density at radius 3 is 2.13 bits per heavy atom. The molecule has 3 nitrogen and oxygen atoms in total. The summed E-state index contributed by atoms with van der Waals surface area (Å²) in [4.78, 5) is 2.64. The second kappa shape index (κ2) is 10.4. The molecule has 4 aliphatic rings. The highest BCUT2D eigenvalue weighted by Crippen LogP contribution is 2.52. The van der Waals surface area contributed by atoms with Crippen molar-refractivity contribution < 1.29 is 8.83 Å². The lowest BCUT2D eigenvalue weighted by Gasteiger charge is -2.33. The van der Waals surface area contributed by atoms with Gasteiger partial charge in [-0.05, 0) is 109 Å². The van der Waals surface area contributed by atoms with E-state index in [9.17, 15) is 0 Å². The molecule has 3 aliphatic carbocycles. The minimum Gasteiger partial charge on any atom is -0.456 e. The van der Waals surface area contributed by atoms with Gasteiger partial charge in [0.2, 0.25) is 0 Å². The molecule has 2 aromatic heterocycles. The molecule has 230 valence electrons. The van der Waals surface area contributed by atoms with Gasteiger partial charge in [0, 0.05) is 33.5 Å². The monoisotopic (exact) mass is 603 g/mol. The normalized spacial score (nSPS) is 22.1. The lowest BCUT2D eigenvalue weighted by molar-refractivity contribution is 0.442. The minimum absolute atomic E-state index is 0.284. The molecule has 0 saturated heterocycles. The van der Waals surface area contributed by atoms with E-state index in [1.807, 2.05) is 0 Å². The highest BCUT2D eigenvalue weighted by atomic mass is 16.3. The fraction of sp³-hybridized carbons (Fsp3) is 0.349. The Morgan fingerprint density at radius 2 is 1.30 bits per heavy atom. The van der Waals surface area contributed by atoms with Crippen LogP contribution in [0.4, 0.5) is 11.4 Å². The Labute approximate surface area is 270 Å². The Bertz CT molecular complexity index is 2210. The van der Waals surface area contributed by atoms with Crippen molar-refractivity contribution in [3.63, 3.8) is 0 Å². The maximum atomic E-state index is 6.94. The van der Waals surface area contributed by atoms with E-state index < -0.39 is 0 Å². The number of fused-ring (bicyclic) bond motifs is 10. The first kappa shape index (κ1) is 26.9. The van der Waals surface area contributed by atoms with E-state index in [-0.39, 0.29) is 6.04 Å². The van der Waals surface area contributed by atoms with Gasteiger partial charge < -0.3 is 13.7 Å². The molecular weight excluding hydrogens is 562 g/mol. The second-order valence-electron chi connectivity index (χ2n) is 14.5. The van der Waals surface area contributed by atoms with Crippen molar-refractivity contribution >= 4 is 55.3 Å². The first-order valence-corrected chi connectivity index (χ1v) is 17.8. The summed E-state index contributed by atoms with van der Waals surface area (Å²) in [5, 5.41) is 4.68. The highest BCUT2D eigenvalue weighted by Gasteiger charge is 2.39. The summed E-state index contributed by atoms with van der Waals surface area (Å²) in [5.41, 5.74) is 12.3. The van der Waals surface area contributed by atoms with Gasteiger partial charge >= 0.3 is 0 Å². The third-order valence-corrected chi connectivity index (χ3v) is 11.9. The summed E-state index contributed by atoms with van der Waals surface area (Å²) in [6.45, 7) is 2.29. The predicted molar refractivity (Wildman–Crippen MR) is 191 cm³/mol. The fourth-order valence-corrected chi connectivity index (χ4v) is 9.69. The van der Waals surface area contributed by atoms with Crippen LogP contribution in [-0.2, 0) is 0 Å². The largest absolute Gasteiger partial charge is 0.456 e. The predicted octanol–water partition coefficient (Wildman–Crippen LogP) is 12.6. The summed E-state index contributed by atoms with van der Waals surface area (Å²) in [7, 11) is 0. The van der Waals surface area contributed by atoms with E-state index in [0.29, 0.717) is 17.8 Å². The molecule has 0 spiro atoms. The van der Waals surface area contributed by atoms with Crippen LogP contribution in [0.15, 0.2) is 93.8 Å². The first-order valence-electron chi connectivity index (χ1n) is 17.8. The molecular formula is C43H41NO2. The zero-order chi connectivity index (χ0) is 30.4. The molecule has 2 fully saturated rings. The van der Waals surface area contributed by atoms with Gasteiger partial charge in [-0.3, -0.25) is 0 Å². The molecule has 0 radical (unpaired) electrons. The van der Waals surface area contributed by atoms with E-state index in [0.717, 1.165) is 27.7 Å². The number of aryl methyl sites for hydroxylation is 1. The molecule has 1 aliphatic heterocycles. The Hall–Kier alpha value is -4.24. The van der Waals surface area contributed by atoms with Gasteiger partial charge in [0.05, 0.1) is 11.4 Å². The maximum absolute atomic E-state index is 6.94. The maximum Gasteiger partial charge on any atom is 0.147 e. The van der Waals surface area contributed by atoms with E-state index in [2.05, 4.69) is 96.8 Å². The zero-order valence-corrected chi connectivity index (χ0v) is 26.7. The SMILES string of the molecule is Cc1cc2c(cc1C1CCCCC1)oc1ccc3c4cc(N5c6ccccc6C6C=CC=CC65)c(C5CCCCC5)cc4oc3c12. The number of hydrogen-bond acceptors (Lipinski definition) is 3. The molecule has 2 unspecified atom stereocenters. The number of para-hydroxylation sites is 1. The topological polar surface area (TPSA) is 29.5 Å². The molecule has 6 aromatic rings. The lowest BCUT2D eigenvalue weighted by Crippen LogP contribution is -2.29. The number of allylic oxidation sites excluding steroid dienone is 2. The third kappa shape index (κ3) is 3.96. The van der Waals surface area contributed by atoms with Crippen LogP contribution in [0.5, 0.6) is 0 Å². The van der Waals surface area contributed by atoms with Gasteiger partial charge in [0.25, 0.3) is 0 Å². The number of nitrogens with zero attached hydrogens (tertiary/aromatic N) is 1. The number of rotatable bonds is 3. The second-order valence-corrected chi connectivity index (χ2v) is 14.5. The van der Waals surface area contributed by atoms with Crippen molar-refractivity contribution in [2.45, 2.75) is 94.9 Å². The molecule has 3 heterocycles. The first-order chi connectivity index (χ1) is 22.7. The van der Waals surface area contributed by atoms with Gasteiger partial charge in [0.15, 0.2) is 0 Å². The van der Waals surface area contributed by atoms with Crippen LogP contribution < -0.4 is 4.90 Å². The average molecular weight is 604 g/mol. The van der Waals surface area contributed by atoms with Crippen molar-refractivity contribution in [3.05, 3.63) is 107 Å². The van der Waals surface area contributed by atoms with Gasteiger partial charge in [-0.1, -0.05) is 81.0 Å². The van der Waals surface area contributed by atoms with Crippen LogP contribution in [-0.4, -0.2) is 6.04 Å². The lowest BCUT2D eigenvalue weighted by atomic mass is 9.82. The Kier molecular flexibility index (Phi) is 6.08. The summed E-state index contributed by atoms with van der Waals surface area (Å²) in [6.07, 6.45) is 22.3. The molecule has 2 saturated carbocycles. The zero-order valence-electron chi connectivity index (χ0n) is 26.7. The van der Waals surface area contributed by atoms with E-state index >= 15 is 0 Å². The molecule has 4 aromatic carbocycles. The van der Waals surface area contributed by atoms with Crippen LogP contribution in [0, 0.1) is 6.92 Å². The van der Waals surface area contributed by atoms with E-state index in [1.54, 1.807) is 0 Å². The standard InChI is InChI=1S/C43H41NO2/c1-26-22-35-41(24-32(26)27-12-4-2-5-13-27)45-39-21-20-31-34-23-38(44-36-18-10-8-16-29(36)30-17-9-11-19-37(30)44)33(28-14-6-3-7-15-28)25-40(34)46-43(31)42(35)39/h8-11,16-25,27-29,36H,2-7,12-15H2,1H3. The van der Waals surface area contributed by atoms with Crippen molar-refractivity contribution in [1.82, 2.24) is 0 Å². The smallest absolute Gasteiger partial charge is 0.147 e. The van der Waals surface area contributed by atoms with Crippen LogP contribution >= 0.6 is 0 Å². The van der Waals surface area contributed by atoms with Gasteiger partial charge in [-0.2, -0.15) is 0 Å². The van der Waals surface area contributed by atoms with Gasteiger partial charge in [-0.15, -0.1) is 0 Å². The van der Waals surface area contributed by atoms with Crippen molar-refractivity contribution in [2.24, 2.45) is 0 Å². The summed E-state index contributed by atoms with van der Waals surface area (Å²) in [5.74, 6) is 1.57. The van der Waals surface area contributed by atoms with Crippen molar-refractivity contribution in [1.29, 1.82) is 0 Å². The highest BCUT2D eigenvalue weighted by molar-refractivity contribution is 6.22. The molecule has 10 rings (SSSR count). The molecule has 3 heteroatoms. The third-order valence-electron chi connectivity index (χ3n) is 11.9. The Balaban J connectivity index is 1.20. The Morgan fingerprint density at radius 1 is 0.587 bits per heavy atom. The van der Waals surface area contributed by atoms with Crippen LogP contribution in [0.1, 0.15) is 104 Å². The van der Waals surface area contributed by atoms with Crippen LogP contribution in [0.25, 0.3) is 43.9 Å². The minimum atomic E-state index is 0.284. The molecule has 0 bridgehead atoms. The summed E-state index contributed by atoms with van der Waals surface area (Å²) in [6, 6.07) is 23.3. The van der Waals surface area contributed by atoms with E-state index in [4.69, 9.17) is 8.83 Å². The van der Waals surface area contributed by atoms with Crippen molar-refractivity contribution in [2.75, 3.05) is 4.90 Å². The summed E-state index contributed by atoms with van der Waals surface area (Å²) < 4.78 is 13.5. The summed E-state index contributed by atoms with van der Waals surface area (Å²) >= 11 is 0. The van der Waals surface area contributed by atoms with Gasteiger partial charge in [-0.25, -0.2) is 0 Å². The fourth-order valence-electron chi connectivity index (χ4n) is 9.69. The molecule has 46 heavy (non-hydrogen) atoms. The number of benzene rings is 4. The van der Waals surface area contributed by atoms with E-state index in [1.165, 1.54) is 114 Å². The average Bonchev–Trinajstić information content (AvgIpc) is 3.77. The van der Waals surface area contributed by atoms with Crippen molar-refractivity contribution in [3.8, 4) is 0 Å². The van der Waals surface area contributed by atoms with Gasteiger partial charge in [0.1, 0.15) is 22.3 Å². The number of furan rings is 2. The number of anilines is 2.